The first-order valence-corrected chi connectivity index (χ1v) is 4.27. The van der Waals surface area contributed by atoms with Crippen LogP contribution in [0.15, 0.2) is 12.1 Å². The first-order valence-electron chi connectivity index (χ1n) is 3.52. The molecule has 0 N–H and O–H groups in total. The highest BCUT2D eigenvalue weighted by Gasteiger charge is 2.13. The summed E-state index contributed by atoms with van der Waals surface area (Å²) in [4.78, 5) is 21.6. The molecule has 0 aliphatic heterocycles. The molecule has 1 aromatic carbocycles. The van der Waals surface area contributed by atoms with Gasteiger partial charge in [0, 0.05) is 11.1 Å². The first kappa shape index (κ1) is 10.2. The minimum Gasteiger partial charge on any atom is -0.298 e. The van der Waals surface area contributed by atoms with Crippen LogP contribution in [0.4, 0.5) is 0 Å². The second-order valence-corrected chi connectivity index (χ2v) is 3.28. The normalized spacial score (nSPS) is 9.77. The molecule has 0 radical (unpaired) electrons. The van der Waals surface area contributed by atoms with E-state index < -0.39 is 0 Å². The molecule has 0 atom stereocenters. The van der Waals surface area contributed by atoms with Gasteiger partial charge in [-0.25, -0.2) is 0 Å². The summed E-state index contributed by atoms with van der Waals surface area (Å²) in [6, 6.07) is 2.96. The van der Waals surface area contributed by atoms with Crippen LogP contribution in [0.25, 0.3) is 0 Å². The van der Waals surface area contributed by atoms with Crippen molar-refractivity contribution >= 4 is 35.3 Å². The van der Waals surface area contributed by atoms with Crippen LogP contribution in [-0.2, 0) is 0 Å². The van der Waals surface area contributed by atoms with E-state index in [4.69, 9.17) is 23.2 Å². The highest BCUT2D eigenvalue weighted by atomic mass is 35.5. The van der Waals surface area contributed by atoms with Crippen molar-refractivity contribution in [3.63, 3.8) is 0 Å². The topological polar surface area (TPSA) is 34.1 Å². The number of carbonyl (C=O) groups excluding carboxylic acids is 2. The molecule has 0 saturated carbocycles. The van der Waals surface area contributed by atoms with Crippen LogP contribution >= 0.6 is 23.2 Å². The molecule has 13 heavy (non-hydrogen) atoms. The third-order valence-electron chi connectivity index (χ3n) is 1.61. The van der Waals surface area contributed by atoms with Crippen molar-refractivity contribution in [2.24, 2.45) is 0 Å². The number of aldehydes is 1. The van der Waals surface area contributed by atoms with Gasteiger partial charge >= 0.3 is 0 Å². The quantitative estimate of drug-likeness (QED) is 0.563. The number of rotatable bonds is 2. The van der Waals surface area contributed by atoms with Crippen LogP contribution in [-0.4, -0.2) is 12.1 Å². The maximum absolute atomic E-state index is 11.1. The van der Waals surface area contributed by atoms with Crippen LogP contribution in [0.1, 0.15) is 27.6 Å². The van der Waals surface area contributed by atoms with E-state index >= 15 is 0 Å². The largest absolute Gasteiger partial charge is 0.298 e. The lowest BCUT2D eigenvalue weighted by Crippen LogP contribution is -2.00. The van der Waals surface area contributed by atoms with Crippen molar-refractivity contribution in [1.82, 2.24) is 0 Å². The average molecular weight is 217 g/mol. The first-order chi connectivity index (χ1) is 6.07. The highest BCUT2D eigenvalue weighted by molar-refractivity contribution is 6.44. The molecule has 0 saturated heterocycles. The molecule has 0 amide bonds. The predicted molar refractivity (Wildman–Crippen MR) is 51.9 cm³/mol. The summed E-state index contributed by atoms with van der Waals surface area (Å²) in [6.45, 7) is 1.34. The highest BCUT2D eigenvalue weighted by Crippen LogP contribution is 2.28. The van der Waals surface area contributed by atoms with Gasteiger partial charge in [-0.1, -0.05) is 23.2 Å². The molecule has 0 aliphatic rings. The second-order valence-electron chi connectivity index (χ2n) is 2.50. The van der Waals surface area contributed by atoms with Crippen molar-refractivity contribution in [3.8, 4) is 0 Å². The number of benzene rings is 1. The van der Waals surface area contributed by atoms with Crippen LogP contribution < -0.4 is 0 Å². The fraction of sp³-hybridized carbons (Fsp3) is 0.111. The summed E-state index contributed by atoms with van der Waals surface area (Å²) in [5.74, 6) is -0.269. The van der Waals surface area contributed by atoms with Gasteiger partial charge in [0.15, 0.2) is 12.1 Å². The summed E-state index contributed by atoms with van der Waals surface area (Å²) in [5, 5.41) is 0.413. The monoisotopic (exact) mass is 216 g/mol. The third kappa shape index (κ3) is 1.90. The van der Waals surface area contributed by atoms with Crippen LogP contribution in [0.3, 0.4) is 0 Å². The lowest BCUT2D eigenvalue weighted by molar-refractivity contribution is 0.101. The van der Waals surface area contributed by atoms with E-state index in [0.717, 1.165) is 0 Å². The Morgan fingerprint density at radius 3 is 2.46 bits per heavy atom. The minimum absolute atomic E-state index is 0.138. The number of carbonyl (C=O) groups is 2. The lowest BCUT2D eigenvalue weighted by atomic mass is 10.1. The summed E-state index contributed by atoms with van der Waals surface area (Å²) >= 11 is 11.4. The standard InChI is InChI=1S/C9H6Cl2O2/c1-5(13)8-6(4-12)2-3-7(10)9(8)11/h2-4H,1H3. The molecule has 0 heterocycles. The summed E-state index contributed by atoms with van der Waals surface area (Å²) in [7, 11) is 0. The molecule has 4 heteroatoms. The summed E-state index contributed by atoms with van der Waals surface area (Å²) < 4.78 is 0. The molecule has 0 bridgehead atoms. The number of halogens is 2. The van der Waals surface area contributed by atoms with Gasteiger partial charge in [0.25, 0.3) is 0 Å². The second kappa shape index (κ2) is 3.90. The van der Waals surface area contributed by atoms with Crippen molar-refractivity contribution in [3.05, 3.63) is 33.3 Å². The van der Waals surface area contributed by atoms with Gasteiger partial charge in [0.1, 0.15) is 0 Å². The molecule has 1 rings (SSSR count). The smallest absolute Gasteiger partial charge is 0.162 e. The van der Waals surface area contributed by atoms with Gasteiger partial charge in [-0.3, -0.25) is 9.59 Å². The zero-order valence-electron chi connectivity index (χ0n) is 6.80. The molecule has 0 aliphatic carbocycles. The van der Waals surface area contributed by atoms with Gasteiger partial charge in [-0.15, -0.1) is 0 Å². The van der Waals surface area contributed by atoms with Crippen LogP contribution in [0.2, 0.25) is 10.0 Å². The van der Waals surface area contributed by atoms with Crippen molar-refractivity contribution in [2.75, 3.05) is 0 Å². The Bertz CT molecular complexity index is 372. The summed E-state index contributed by atoms with van der Waals surface area (Å²) in [5.41, 5.74) is 0.450. The van der Waals surface area contributed by atoms with Gasteiger partial charge in [-0.05, 0) is 19.1 Å². The molecule has 2 nitrogen and oxygen atoms in total. The van der Waals surface area contributed by atoms with E-state index in [1.165, 1.54) is 19.1 Å². The Morgan fingerprint density at radius 2 is 2.00 bits per heavy atom. The van der Waals surface area contributed by atoms with E-state index in [-0.39, 0.29) is 27.0 Å². The fourth-order valence-electron chi connectivity index (χ4n) is 1.02. The average Bonchev–Trinajstić information content (AvgIpc) is 2.08. The van der Waals surface area contributed by atoms with Crippen molar-refractivity contribution in [1.29, 1.82) is 0 Å². The van der Waals surface area contributed by atoms with E-state index in [9.17, 15) is 9.59 Å². The zero-order chi connectivity index (χ0) is 10.0. The molecule has 0 fully saturated rings. The Balaban J connectivity index is 3.50. The van der Waals surface area contributed by atoms with Crippen molar-refractivity contribution < 1.29 is 9.59 Å². The predicted octanol–water partition coefficient (Wildman–Crippen LogP) is 3.01. The molecule has 68 valence electrons. The van der Waals surface area contributed by atoms with Crippen LogP contribution in [0.5, 0.6) is 0 Å². The van der Waals surface area contributed by atoms with Gasteiger partial charge in [-0.2, -0.15) is 0 Å². The Hall–Kier alpha value is -0.860. The SMILES string of the molecule is CC(=O)c1c(C=O)ccc(Cl)c1Cl. The van der Waals surface area contributed by atoms with Gasteiger partial charge in [0.2, 0.25) is 0 Å². The minimum atomic E-state index is -0.269. The van der Waals surface area contributed by atoms with E-state index in [2.05, 4.69) is 0 Å². The number of hydrogen-bond donors (Lipinski definition) is 0. The molecule has 1 aromatic rings. The maximum atomic E-state index is 11.1. The zero-order valence-corrected chi connectivity index (χ0v) is 8.32. The number of Topliss-reactive ketones (excluding diaryl/α,β-unsaturated/α-hetero) is 1. The van der Waals surface area contributed by atoms with Crippen LogP contribution in [0, 0.1) is 0 Å². The third-order valence-corrected chi connectivity index (χ3v) is 2.41. The van der Waals surface area contributed by atoms with E-state index in [0.29, 0.717) is 6.29 Å². The fourth-order valence-corrected chi connectivity index (χ4v) is 1.48. The molecule has 0 aromatic heterocycles. The van der Waals surface area contributed by atoms with Crippen molar-refractivity contribution in [2.45, 2.75) is 6.92 Å². The Morgan fingerprint density at radius 1 is 1.38 bits per heavy atom. The molecular weight excluding hydrogens is 211 g/mol. The molecule has 0 unspecified atom stereocenters. The number of hydrogen-bond acceptors (Lipinski definition) is 2. The Kier molecular flexibility index (Phi) is 3.07. The van der Waals surface area contributed by atoms with Gasteiger partial charge < -0.3 is 0 Å². The lowest BCUT2D eigenvalue weighted by Gasteiger charge is -2.04. The van der Waals surface area contributed by atoms with E-state index in [1.807, 2.05) is 0 Å². The molecule has 0 spiro atoms. The Labute approximate surface area is 85.5 Å². The summed E-state index contributed by atoms with van der Waals surface area (Å²) in [6.07, 6.45) is 0.582. The maximum Gasteiger partial charge on any atom is 0.162 e. The number of ketones is 1. The molecular formula is C9H6Cl2O2. The van der Waals surface area contributed by atoms with Gasteiger partial charge in [0.05, 0.1) is 10.0 Å². The van der Waals surface area contributed by atoms with E-state index in [1.54, 1.807) is 0 Å².